The third kappa shape index (κ3) is 3.58. The van der Waals surface area contributed by atoms with Crippen molar-refractivity contribution in [3.05, 3.63) is 76.6 Å². The van der Waals surface area contributed by atoms with Crippen LogP contribution in [0, 0.1) is 13.8 Å². The second kappa shape index (κ2) is 8.29. The van der Waals surface area contributed by atoms with Crippen molar-refractivity contribution in [3.8, 4) is 0 Å². The van der Waals surface area contributed by atoms with E-state index in [0.717, 1.165) is 29.5 Å². The van der Waals surface area contributed by atoms with Gasteiger partial charge in [0.15, 0.2) is 11.4 Å². The van der Waals surface area contributed by atoms with Gasteiger partial charge in [0.1, 0.15) is 0 Å². The van der Waals surface area contributed by atoms with E-state index < -0.39 is 11.6 Å². The van der Waals surface area contributed by atoms with Crippen LogP contribution in [-0.4, -0.2) is 37.0 Å². The van der Waals surface area contributed by atoms with Gasteiger partial charge in [-0.25, -0.2) is 9.48 Å². The minimum atomic E-state index is -1.29. The number of amides is 3. The topological polar surface area (TPSA) is 93.0 Å². The van der Waals surface area contributed by atoms with E-state index in [2.05, 4.69) is 27.8 Å². The molecule has 0 unspecified atom stereocenters. The first-order chi connectivity index (χ1) is 15.0. The molecule has 8 heteroatoms. The highest BCUT2D eigenvalue weighted by molar-refractivity contribution is 6.09. The number of aryl methyl sites for hydroxylation is 3. The molecular weight excluding hydrogens is 392 g/mol. The summed E-state index contributed by atoms with van der Waals surface area (Å²) in [6.45, 7) is 6.76. The highest BCUT2D eigenvalue weighted by Crippen LogP contribution is 2.37. The number of aromatic nitrogens is 4. The van der Waals surface area contributed by atoms with Crippen LogP contribution in [0.15, 0.2) is 48.5 Å². The molecule has 2 heterocycles. The number of hydrogen-bond donors (Lipinski definition) is 1. The van der Waals surface area contributed by atoms with Crippen LogP contribution in [0.5, 0.6) is 0 Å². The van der Waals surface area contributed by atoms with E-state index in [1.807, 2.05) is 62.4 Å². The molecule has 31 heavy (non-hydrogen) atoms. The third-order valence-corrected chi connectivity index (χ3v) is 5.88. The van der Waals surface area contributed by atoms with E-state index in [1.165, 1.54) is 4.90 Å². The number of urea groups is 1. The molecule has 1 atom stereocenters. The highest BCUT2D eigenvalue weighted by atomic mass is 16.2. The van der Waals surface area contributed by atoms with Crippen LogP contribution >= 0.6 is 0 Å². The first-order valence-corrected chi connectivity index (χ1v) is 10.5. The fraction of sp³-hybridized carbons (Fsp3) is 0.348. The lowest BCUT2D eigenvalue weighted by molar-refractivity contribution is -0.130. The fourth-order valence-electron chi connectivity index (χ4n) is 3.90. The molecule has 0 saturated carbocycles. The van der Waals surface area contributed by atoms with E-state index in [4.69, 9.17) is 0 Å². The Morgan fingerprint density at radius 3 is 2.48 bits per heavy atom. The molecule has 2 aromatic carbocycles. The quantitative estimate of drug-likeness (QED) is 0.595. The van der Waals surface area contributed by atoms with Crippen molar-refractivity contribution in [3.63, 3.8) is 0 Å². The number of carbonyl (C=O) groups excluding carboxylic acids is 2. The van der Waals surface area contributed by atoms with Gasteiger partial charge in [-0.1, -0.05) is 61.9 Å². The summed E-state index contributed by atoms with van der Waals surface area (Å²) in [6, 6.07) is 14.7. The van der Waals surface area contributed by atoms with Gasteiger partial charge in [-0.05, 0) is 52.9 Å². The Bertz CT molecular complexity index is 1110. The Kier molecular flexibility index (Phi) is 5.54. The molecule has 1 saturated heterocycles. The van der Waals surface area contributed by atoms with E-state index in [1.54, 1.807) is 4.68 Å². The summed E-state index contributed by atoms with van der Waals surface area (Å²) in [7, 11) is 0. The van der Waals surface area contributed by atoms with Crippen molar-refractivity contribution in [2.45, 2.75) is 52.2 Å². The van der Waals surface area contributed by atoms with Gasteiger partial charge < -0.3 is 5.32 Å². The molecule has 0 radical (unpaired) electrons. The fourth-order valence-corrected chi connectivity index (χ4v) is 3.90. The Labute approximate surface area is 181 Å². The molecule has 1 aliphatic heterocycles. The number of carbonyl (C=O) groups is 2. The molecule has 8 nitrogen and oxygen atoms in total. The lowest BCUT2D eigenvalue weighted by Crippen LogP contribution is -2.45. The van der Waals surface area contributed by atoms with Crippen molar-refractivity contribution in [1.82, 2.24) is 30.4 Å². The highest BCUT2D eigenvalue weighted by Gasteiger charge is 2.54. The zero-order valence-corrected chi connectivity index (χ0v) is 18.0. The van der Waals surface area contributed by atoms with Gasteiger partial charge in [0.2, 0.25) is 0 Å². The van der Waals surface area contributed by atoms with E-state index in [-0.39, 0.29) is 12.5 Å². The van der Waals surface area contributed by atoms with Gasteiger partial charge in [-0.3, -0.25) is 9.69 Å². The van der Waals surface area contributed by atoms with Gasteiger partial charge in [-0.15, -0.1) is 5.10 Å². The monoisotopic (exact) mass is 418 g/mol. The molecule has 1 aliphatic rings. The number of nitrogens with zero attached hydrogens (tertiary/aromatic N) is 5. The number of tetrazole rings is 1. The summed E-state index contributed by atoms with van der Waals surface area (Å²) in [4.78, 5) is 28.1. The lowest BCUT2D eigenvalue weighted by atomic mass is 9.81. The van der Waals surface area contributed by atoms with Crippen molar-refractivity contribution < 1.29 is 9.59 Å². The van der Waals surface area contributed by atoms with Gasteiger partial charge in [0.05, 0.1) is 6.54 Å². The maximum atomic E-state index is 13.9. The predicted molar refractivity (Wildman–Crippen MR) is 115 cm³/mol. The summed E-state index contributed by atoms with van der Waals surface area (Å²) < 4.78 is 1.66. The van der Waals surface area contributed by atoms with Crippen molar-refractivity contribution >= 4 is 11.9 Å². The van der Waals surface area contributed by atoms with Gasteiger partial charge in [0.25, 0.3) is 5.91 Å². The number of rotatable bonds is 7. The Morgan fingerprint density at radius 2 is 1.77 bits per heavy atom. The first-order valence-electron chi connectivity index (χ1n) is 10.5. The van der Waals surface area contributed by atoms with Gasteiger partial charge in [-0.2, -0.15) is 0 Å². The third-order valence-electron chi connectivity index (χ3n) is 5.88. The second-order valence-corrected chi connectivity index (χ2v) is 7.91. The zero-order valence-electron chi connectivity index (χ0n) is 18.0. The second-order valence-electron chi connectivity index (χ2n) is 7.91. The summed E-state index contributed by atoms with van der Waals surface area (Å²) in [5, 5.41) is 14.8. The first kappa shape index (κ1) is 20.7. The molecule has 4 rings (SSSR count). The Balaban J connectivity index is 1.76. The molecule has 160 valence electrons. The summed E-state index contributed by atoms with van der Waals surface area (Å²) in [6.07, 6.45) is 1.90. The lowest BCUT2D eigenvalue weighted by Gasteiger charge is -2.28. The summed E-state index contributed by atoms with van der Waals surface area (Å²) >= 11 is 0. The van der Waals surface area contributed by atoms with Crippen LogP contribution in [0.2, 0.25) is 0 Å². The molecule has 0 spiro atoms. The van der Waals surface area contributed by atoms with E-state index in [9.17, 15) is 9.59 Å². The average Bonchev–Trinajstić information content (AvgIpc) is 3.32. The minimum absolute atomic E-state index is 0.0147. The molecule has 0 aliphatic carbocycles. The Hall–Kier alpha value is -3.55. The van der Waals surface area contributed by atoms with Crippen LogP contribution in [-0.2, 0) is 23.4 Å². The summed E-state index contributed by atoms with van der Waals surface area (Å²) in [5.74, 6) is 0.151. The van der Waals surface area contributed by atoms with E-state index >= 15 is 0 Å². The zero-order chi connectivity index (χ0) is 22.0. The molecule has 1 aromatic heterocycles. The maximum Gasteiger partial charge on any atom is 0.325 e. The molecule has 3 aromatic rings. The number of imide groups is 1. The Morgan fingerprint density at radius 1 is 1.00 bits per heavy atom. The SMILES string of the molecule is CCCCn1nnnc1CN1C(=O)N[C@@](c2ccccc2)(c2ccc(C)c(C)c2)C1=O. The predicted octanol–water partition coefficient (Wildman–Crippen LogP) is 3.09. The van der Waals surface area contributed by atoms with Crippen LogP contribution < -0.4 is 5.32 Å². The van der Waals surface area contributed by atoms with Gasteiger partial charge >= 0.3 is 6.03 Å². The van der Waals surface area contributed by atoms with Gasteiger partial charge in [0, 0.05) is 6.54 Å². The van der Waals surface area contributed by atoms with Crippen LogP contribution in [0.4, 0.5) is 4.79 Å². The normalized spacial score (nSPS) is 18.5. The molecule has 1 N–H and O–H groups in total. The van der Waals surface area contributed by atoms with Crippen LogP contribution in [0.1, 0.15) is 47.8 Å². The average molecular weight is 419 g/mol. The smallest absolute Gasteiger partial charge is 0.315 e. The maximum absolute atomic E-state index is 13.9. The van der Waals surface area contributed by atoms with Crippen molar-refractivity contribution in [1.29, 1.82) is 0 Å². The van der Waals surface area contributed by atoms with Crippen molar-refractivity contribution in [2.75, 3.05) is 0 Å². The largest absolute Gasteiger partial charge is 0.325 e. The van der Waals surface area contributed by atoms with E-state index in [0.29, 0.717) is 17.9 Å². The number of unbranched alkanes of at least 4 members (excludes halogenated alkanes) is 1. The summed E-state index contributed by atoms with van der Waals surface area (Å²) in [5.41, 5.74) is 2.32. The molecule has 3 amide bonds. The number of nitrogens with one attached hydrogen (secondary N) is 1. The van der Waals surface area contributed by atoms with Crippen LogP contribution in [0.3, 0.4) is 0 Å². The molecular formula is C23H26N6O2. The number of hydrogen-bond acceptors (Lipinski definition) is 5. The molecule has 0 bridgehead atoms. The molecule has 1 fully saturated rings. The van der Waals surface area contributed by atoms with Crippen LogP contribution in [0.25, 0.3) is 0 Å². The standard InChI is InChI=1S/C23H26N6O2/c1-4-5-13-29-20(25-26-27-29)15-28-21(30)23(24-22(28)31,18-9-7-6-8-10-18)19-12-11-16(2)17(3)14-19/h6-12,14H,4-5,13,15H2,1-3H3,(H,24,31)/t23-/m0/s1. The van der Waals surface area contributed by atoms with Crippen molar-refractivity contribution in [2.24, 2.45) is 0 Å². The number of benzene rings is 2. The minimum Gasteiger partial charge on any atom is -0.315 e.